The molecule has 0 radical (unpaired) electrons. The molecule has 1 aromatic heterocycles. The molecule has 30 heavy (non-hydrogen) atoms. The molecule has 2 aromatic rings. The molecule has 2 aliphatic heterocycles. The number of hydrogen-bond acceptors (Lipinski definition) is 6. The van der Waals surface area contributed by atoms with E-state index >= 15 is 0 Å². The van der Waals surface area contributed by atoms with Crippen LogP contribution in [0.5, 0.6) is 5.75 Å². The van der Waals surface area contributed by atoms with Crippen molar-refractivity contribution >= 4 is 12.0 Å². The lowest BCUT2D eigenvalue weighted by Gasteiger charge is -2.42. The van der Waals surface area contributed by atoms with Gasteiger partial charge in [-0.05, 0) is 31.2 Å². The second kappa shape index (κ2) is 9.03. The Morgan fingerprint density at radius 2 is 2.03 bits per heavy atom. The molecule has 0 unspecified atom stereocenters. The summed E-state index contributed by atoms with van der Waals surface area (Å²) in [5, 5.41) is 9.62. The van der Waals surface area contributed by atoms with E-state index < -0.39 is 0 Å². The van der Waals surface area contributed by atoms with Crippen molar-refractivity contribution in [2.24, 2.45) is 0 Å². The van der Waals surface area contributed by atoms with Crippen molar-refractivity contribution in [2.75, 3.05) is 26.3 Å². The van der Waals surface area contributed by atoms with Gasteiger partial charge in [-0.2, -0.15) is 4.98 Å². The molecule has 0 aliphatic carbocycles. The Hall–Kier alpha value is -2.62. The third-order valence-corrected chi connectivity index (χ3v) is 5.74. The van der Waals surface area contributed by atoms with Gasteiger partial charge >= 0.3 is 0 Å². The molecule has 1 atom stereocenters. The second-order valence-corrected chi connectivity index (χ2v) is 7.83. The molecule has 3 heterocycles. The van der Waals surface area contributed by atoms with E-state index in [-0.39, 0.29) is 23.5 Å². The van der Waals surface area contributed by atoms with Gasteiger partial charge in [0, 0.05) is 32.1 Å². The van der Waals surface area contributed by atoms with Crippen molar-refractivity contribution in [1.82, 2.24) is 14.9 Å². The monoisotopic (exact) mass is 416 g/mol. The number of nitrogens with zero attached hydrogens (tertiary/aromatic N) is 2. The average molecular weight is 416 g/mol. The summed E-state index contributed by atoms with van der Waals surface area (Å²) in [5.41, 5.74) is -0.00151. The third kappa shape index (κ3) is 4.58. The zero-order valence-electron chi connectivity index (χ0n) is 16.9. The zero-order valence-corrected chi connectivity index (χ0v) is 16.9. The number of aromatic amines is 1. The quantitative estimate of drug-likeness (QED) is 0.586. The molecule has 0 amide bonds. The van der Waals surface area contributed by atoms with E-state index in [9.17, 15) is 9.18 Å². The topological polar surface area (TPSA) is 108 Å². The van der Waals surface area contributed by atoms with Gasteiger partial charge in [0.1, 0.15) is 29.1 Å². The standard InChI is InChI=1S/C21H26FN5O3/c1-13(27-11-17(12-27)30-16-4-2-14(22)3-5-16)19-25-20(18(10-23)21(28)26-19)24-15-6-8-29-9-7-15/h2-5,10,13,15,17,23H,6-9,11-12H2,1H3,(H2,24,25,26,28)/p+1/t13-/m1/s1. The highest BCUT2D eigenvalue weighted by molar-refractivity contribution is 5.80. The third-order valence-electron chi connectivity index (χ3n) is 5.74. The van der Waals surface area contributed by atoms with Crippen molar-refractivity contribution in [3.05, 3.63) is 51.8 Å². The minimum atomic E-state index is -0.292. The van der Waals surface area contributed by atoms with Crippen LogP contribution in [-0.2, 0) is 4.74 Å². The van der Waals surface area contributed by atoms with Gasteiger partial charge in [-0.15, -0.1) is 0 Å². The summed E-state index contributed by atoms with van der Waals surface area (Å²) < 4.78 is 24.3. The Morgan fingerprint density at radius 1 is 1.33 bits per heavy atom. The maximum Gasteiger partial charge on any atom is 0.266 e. The Morgan fingerprint density at radius 3 is 2.70 bits per heavy atom. The predicted octanol–water partition coefficient (Wildman–Crippen LogP) is 1.10. The van der Waals surface area contributed by atoms with E-state index in [4.69, 9.17) is 19.9 Å². The Bertz CT molecular complexity index is 937. The van der Waals surface area contributed by atoms with Crippen LogP contribution in [0.25, 0.3) is 0 Å². The lowest BCUT2D eigenvalue weighted by Crippen LogP contribution is -2.86. The number of benzene rings is 1. The van der Waals surface area contributed by atoms with Crippen molar-refractivity contribution in [3.8, 4) is 5.75 Å². The first kappa shape index (κ1) is 20.6. The van der Waals surface area contributed by atoms with Crippen molar-refractivity contribution in [1.29, 1.82) is 5.41 Å². The number of ether oxygens (including phenoxy) is 2. The predicted molar refractivity (Wildman–Crippen MR) is 109 cm³/mol. The van der Waals surface area contributed by atoms with Crippen LogP contribution in [0.2, 0.25) is 0 Å². The molecule has 0 saturated carbocycles. The van der Waals surface area contributed by atoms with Gasteiger partial charge in [-0.1, -0.05) is 0 Å². The molecule has 9 heteroatoms. The van der Waals surface area contributed by atoms with E-state index in [1.54, 1.807) is 12.1 Å². The number of aromatic nitrogens is 2. The highest BCUT2D eigenvalue weighted by Gasteiger charge is 2.34. The van der Waals surface area contributed by atoms with Crippen LogP contribution in [0, 0.1) is 11.2 Å². The van der Waals surface area contributed by atoms with Crippen molar-refractivity contribution < 1.29 is 19.2 Å². The second-order valence-electron chi connectivity index (χ2n) is 7.83. The fourth-order valence-corrected chi connectivity index (χ4v) is 3.83. The summed E-state index contributed by atoms with van der Waals surface area (Å²) in [4.78, 5) is 22.2. The summed E-state index contributed by atoms with van der Waals surface area (Å²) in [7, 11) is 0. The molecular formula is C21H27FN5O3+. The minimum absolute atomic E-state index is 0.0127. The SMILES string of the molecule is C[C@H](c1nc([NH2+]C2CCOCC2)c(C=N)c(=O)[nH]1)N1CC(Oc2ccc(F)cc2)C1. The Balaban J connectivity index is 1.42. The molecule has 2 saturated heterocycles. The molecule has 1 aromatic carbocycles. The van der Waals surface area contributed by atoms with E-state index in [2.05, 4.69) is 9.88 Å². The van der Waals surface area contributed by atoms with Crippen molar-refractivity contribution in [2.45, 2.75) is 38.0 Å². The van der Waals surface area contributed by atoms with Crippen LogP contribution in [0.15, 0.2) is 29.1 Å². The van der Waals surface area contributed by atoms with E-state index in [1.807, 2.05) is 12.2 Å². The summed E-state index contributed by atoms with van der Waals surface area (Å²) in [6, 6.07) is 6.21. The molecule has 160 valence electrons. The maximum absolute atomic E-state index is 13.0. The van der Waals surface area contributed by atoms with Crippen LogP contribution in [-0.4, -0.2) is 59.5 Å². The van der Waals surface area contributed by atoms with E-state index in [0.717, 1.165) is 19.1 Å². The average Bonchev–Trinajstić information content (AvgIpc) is 2.72. The van der Waals surface area contributed by atoms with Crippen LogP contribution in [0.3, 0.4) is 0 Å². The normalized spacial score (nSPS) is 19.3. The van der Waals surface area contributed by atoms with Crippen LogP contribution >= 0.6 is 0 Å². The number of H-pyrrole nitrogens is 1. The minimum Gasteiger partial charge on any atom is -0.488 e. The van der Waals surface area contributed by atoms with Gasteiger partial charge in [-0.3, -0.25) is 15.0 Å². The lowest BCUT2D eigenvalue weighted by atomic mass is 10.1. The van der Waals surface area contributed by atoms with Gasteiger partial charge in [-0.25, -0.2) is 4.39 Å². The lowest BCUT2D eigenvalue weighted by molar-refractivity contribution is -0.619. The van der Waals surface area contributed by atoms with Gasteiger partial charge < -0.3 is 19.9 Å². The number of nitrogens with two attached hydrogens (primary N) is 1. The summed E-state index contributed by atoms with van der Waals surface area (Å²) in [6.07, 6.45) is 2.87. The van der Waals surface area contributed by atoms with Crippen molar-refractivity contribution in [3.63, 3.8) is 0 Å². The summed E-state index contributed by atoms with van der Waals surface area (Å²) in [5.74, 6) is 1.51. The van der Waals surface area contributed by atoms with E-state index in [0.29, 0.717) is 55.3 Å². The summed E-state index contributed by atoms with van der Waals surface area (Å²) >= 11 is 0. The largest absolute Gasteiger partial charge is 0.488 e. The molecule has 4 rings (SSSR count). The van der Waals surface area contributed by atoms with Crippen LogP contribution in [0.4, 0.5) is 10.2 Å². The zero-order chi connectivity index (χ0) is 21.1. The van der Waals surface area contributed by atoms with Gasteiger partial charge in [0.15, 0.2) is 0 Å². The maximum atomic E-state index is 13.0. The number of nitrogens with one attached hydrogen (secondary N) is 2. The molecule has 2 aliphatic rings. The Labute approximate surface area is 173 Å². The highest BCUT2D eigenvalue weighted by Crippen LogP contribution is 2.26. The van der Waals surface area contributed by atoms with E-state index in [1.165, 1.54) is 12.1 Å². The first-order valence-corrected chi connectivity index (χ1v) is 10.3. The summed E-state index contributed by atoms with van der Waals surface area (Å²) in [6.45, 7) is 4.78. The number of likely N-dealkylation sites (tertiary alicyclic amines) is 1. The molecule has 2 fully saturated rings. The molecule has 4 N–H and O–H groups in total. The van der Waals surface area contributed by atoms with Crippen LogP contribution < -0.4 is 15.6 Å². The molecule has 8 nitrogen and oxygen atoms in total. The molecule has 0 spiro atoms. The molecule has 0 bridgehead atoms. The fraction of sp³-hybridized carbons (Fsp3) is 0.476. The molecular weight excluding hydrogens is 389 g/mol. The first-order valence-electron chi connectivity index (χ1n) is 10.3. The van der Waals surface area contributed by atoms with Gasteiger partial charge in [0.25, 0.3) is 5.56 Å². The Kier molecular flexibility index (Phi) is 6.21. The van der Waals surface area contributed by atoms with Gasteiger partial charge in [0.05, 0.1) is 25.3 Å². The highest BCUT2D eigenvalue weighted by atomic mass is 19.1. The fourth-order valence-electron chi connectivity index (χ4n) is 3.83. The number of halogens is 1. The van der Waals surface area contributed by atoms with Crippen LogP contribution in [0.1, 0.15) is 37.2 Å². The smallest absolute Gasteiger partial charge is 0.266 e. The number of hydrogen-bond donors (Lipinski definition) is 3. The number of quaternary nitrogens is 1. The number of rotatable bonds is 7. The first-order chi connectivity index (χ1) is 14.5. The van der Waals surface area contributed by atoms with Gasteiger partial charge in [0.2, 0.25) is 5.82 Å².